The Kier molecular flexibility index (Phi) is 6.36. The summed E-state index contributed by atoms with van der Waals surface area (Å²) in [6.07, 6.45) is -5.43. The monoisotopic (exact) mass is 455 g/mol. The Balaban J connectivity index is 2.06. The molecule has 0 aliphatic heterocycles. The number of aromatic nitrogens is 4. The second-order valence-electron chi connectivity index (χ2n) is 6.00. The third-order valence-corrected chi connectivity index (χ3v) is 4.30. The summed E-state index contributed by atoms with van der Waals surface area (Å²) in [5.74, 6) is -0.996. The van der Waals surface area contributed by atoms with Gasteiger partial charge in [-0.2, -0.15) is 10.4 Å². The molecule has 1 N–H and O–H groups in total. The number of aromatic amines is 1. The number of hydrogen-bond donors (Lipinski definition) is 1. The van der Waals surface area contributed by atoms with Gasteiger partial charge in [0.05, 0.1) is 23.5 Å². The minimum absolute atomic E-state index is 0.0233. The van der Waals surface area contributed by atoms with Gasteiger partial charge >= 0.3 is 0 Å². The van der Waals surface area contributed by atoms with Gasteiger partial charge in [0.2, 0.25) is 5.75 Å². The van der Waals surface area contributed by atoms with Gasteiger partial charge in [0.25, 0.3) is 24.0 Å². The van der Waals surface area contributed by atoms with E-state index in [4.69, 9.17) is 21.6 Å². The smallest absolute Gasteiger partial charge is 0.297 e. The molecule has 0 fully saturated rings. The highest BCUT2D eigenvalue weighted by atomic mass is 35.5. The minimum atomic E-state index is -3.19. The zero-order valence-electron chi connectivity index (χ0n) is 15.2. The van der Waals surface area contributed by atoms with Crippen LogP contribution in [0.25, 0.3) is 0 Å². The van der Waals surface area contributed by atoms with Crippen molar-refractivity contribution in [3.8, 4) is 17.6 Å². The van der Waals surface area contributed by atoms with Gasteiger partial charge in [-0.05, 0) is 18.2 Å². The normalized spacial score (nSPS) is 11.0. The molecule has 0 saturated carbocycles. The van der Waals surface area contributed by atoms with Crippen LogP contribution in [0.15, 0.2) is 40.2 Å². The fraction of sp³-hybridized carbons (Fsp3) is 0.167. The lowest BCUT2D eigenvalue weighted by Gasteiger charge is -2.13. The van der Waals surface area contributed by atoms with E-state index in [-0.39, 0.29) is 21.9 Å². The molecule has 8 nitrogen and oxygen atoms in total. The molecular formula is C18H10ClF4N5O3. The van der Waals surface area contributed by atoms with Gasteiger partial charge in [0.1, 0.15) is 17.5 Å². The summed E-state index contributed by atoms with van der Waals surface area (Å²) in [6, 6.07) is 6.22. The van der Waals surface area contributed by atoms with Crippen LogP contribution in [0.4, 0.5) is 17.6 Å². The number of rotatable bonds is 6. The van der Waals surface area contributed by atoms with Gasteiger partial charge in [-0.1, -0.05) is 11.6 Å². The SMILES string of the molecule is N#Cc1cc(Oc2c(C(F)F)ncn(Cc3cc(C(F)F)n[nH]c3=O)c2=O)ccc1Cl. The molecular weight excluding hydrogens is 446 g/mol. The third-order valence-electron chi connectivity index (χ3n) is 3.97. The van der Waals surface area contributed by atoms with E-state index in [0.717, 1.165) is 23.0 Å². The Morgan fingerprint density at radius 3 is 2.58 bits per heavy atom. The van der Waals surface area contributed by atoms with Gasteiger partial charge < -0.3 is 4.74 Å². The largest absolute Gasteiger partial charge is 0.449 e. The lowest BCUT2D eigenvalue weighted by Crippen LogP contribution is -2.27. The first-order chi connectivity index (χ1) is 14.7. The molecule has 3 aromatic rings. The first-order valence-electron chi connectivity index (χ1n) is 8.33. The summed E-state index contributed by atoms with van der Waals surface area (Å²) in [4.78, 5) is 28.1. The van der Waals surface area contributed by atoms with Crippen LogP contribution < -0.4 is 15.9 Å². The average molecular weight is 456 g/mol. The standard InChI is InChI=1S/C18H10ClF4N5O3/c19-11-2-1-10(3-8(11)5-24)31-14-13(16(22)23)25-7-28(18(14)30)6-9-4-12(15(20)21)26-27-17(9)29/h1-4,7,15-16H,6H2,(H,27,29). The van der Waals surface area contributed by atoms with Gasteiger partial charge in [0, 0.05) is 11.6 Å². The topological polar surface area (TPSA) is 114 Å². The van der Waals surface area contributed by atoms with Gasteiger partial charge in [0.15, 0.2) is 5.69 Å². The molecule has 0 aliphatic rings. The van der Waals surface area contributed by atoms with Crippen LogP contribution in [0.1, 0.15) is 35.4 Å². The number of benzene rings is 1. The minimum Gasteiger partial charge on any atom is -0.449 e. The first kappa shape index (κ1) is 22.0. The quantitative estimate of drug-likeness (QED) is 0.568. The molecule has 0 atom stereocenters. The van der Waals surface area contributed by atoms with Crippen molar-refractivity contribution in [1.29, 1.82) is 5.26 Å². The Labute approximate surface area is 175 Å². The highest BCUT2D eigenvalue weighted by Crippen LogP contribution is 2.29. The molecule has 0 spiro atoms. The fourth-order valence-corrected chi connectivity index (χ4v) is 2.65. The molecule has 2 aromatic heterocycles. The Hall–Kier alpha value is -3.72. The van der Waals surface area contributed by atoms with Crippen molar-refractivity contribution in [2.75, 3.05) is 0 Å². The molecule has 1 aromatic carbocycles. The molecule has 0 amide bonds. The molecule has 160 valence electrons. The van der Waals surface area contributed by atoms with Crippen LogP contribution in [0.3, 0.4) is 0 Å². The summed E-state index contributed by atoms with van der Waals surface area (Å²) in [5.41, 5.74) is -3.97. The van der Waals surface area contributed by atoms with Crippen molar-refractivity contribution in [3.63, 3.8) is 0 Å². The van der Waals surface area contributed by atoms with Crippen LogP contribution in [0.2, 0.25) is 5.02 Å². The van der Waals surface area contributed by atoms with E-state index in [2.05, 4.69) is 10.1 Å². The highest BCUT2D eigenvalue weighted by molar-refractivity contribution is 6.31. The van der Waals surface area contributed by atoms with Crippen LogP contribution in [0, 0.1) is 11.3 Å². The maximum absolute atomic E-state index is 13.4. The van der Waals surface area contributed by atoms with Gasteiger partial charge in [-0.15, -0.1) is 0 Å². The number of nitrogens with one attached hydrogen (secondary N) is 1. The molecule has 31 heavy (non-hydrogen) atoms. The van der Waals surface area contributed by atoms with Crippen molar-refractivity contribution in [2.24, 2.45) is 0 Å². The summed E-state index contributed by atoms with van der Waals surface area (Å²) in [6.45, 7) is -0.562. The number of hydrogen-bond acceptors (Lipinski definition) is 6. The summed E-state index contributed by atoms with van der Waals surface area (Å²) in [5, 5.41) is 14.2. The predicted octanol–water partition coefficient (Wildman–Crippen LogP) is 3.57. The molecule has 13 heteroatoms. The van der Waals surface area contributed by atoms with Crippen LogP contribution in [0.5, 0.6) is 11.5 Å². The number of halogens is 5. The van der Waals surface area contributed by atoms with Crippen LogP contribution in [-0.2, 0) is 6.54 Å². The second-order valence-corrected chi connectivity index (χ2v) is 6.40. The Morgan fingerprint density at radius 2 is 1.94 bits per heavy atom. The van der Waals surface area contributed by atoms with Gasteiger partial charge in [-0.25, -0.2) is 27.6 Å². The highest BCUT2D eigenvalue weighted by Gasteiger charge is 2.23. The van der Waals surface area contributed by atoms with E-state index < -0.39 is 47.7 Å². The van der Waals surface area contributed by atoms with Crippen LogP contribution in [-0.4, -0.2) is 19.7 Å². The third kappa shape index (κ3) is 4.72. The zero-order valence-corrected chi connectivity index (χ0v) is 15.9. The average Bonchev–Trinajstić information content (AvgIpc) is 2.73. The molecule has 0 bridgehead atoms. The molecule has 2 heterocycles. The molecule has 3 rings (SSSR count). The van der Waals surface area contributed by atoms with E-state index in [0.29, 0.717) is 0 Å². The maximum atomic E-state index is 13.4. The summed E-state index contributed by atoms with van der Waals surface area (Å²) < 4.78 is 58.4. The van der Waals surface area contributed by atoms with Crippen molar-refractivity contribution >= 4 is 11.6 Å². The molecule has 0 saturated heterocycles. The van der Waals surface area contributed by atoms with E-state index in [1.807, 2.05) is 5.10 Å². The molecule has 0 aliphatic carbocycles. The number of H-pyrrole nitrogens is 1. The maximum Gasteiger partial charge on any atom is 0.297 e. The predicted molar refractivity (Wildman–Crippen MR) is 98.6 cm³/mol. The van der Waals surface area contributed by atoms with Crippen molar-refractivity contribution < 1.29 is 22.3 Å². The van der Waals surface area contributed by atoms with Crippen molar-refractivity contribution in [1.82, 2.24) is 19.7 Å². The Morgan fingerprint density at radius 1 is 1.19 bits per heavy atom. The summed E-state index contributed by atoms with van der Waals surface area (Å²) in [7, 11) is 0. The lowest BCUT2D eigenvalue weighted by molar-refractivity contribution is 0.141. The first-order valence-corrected chi connectivity index (χ1v) is 8.70. The Bertz CT molecular complexity index is 1290. The zero-order chi connectivity index (χ0) is 22.7. The van der Waals surface area contributed by atoms with Crippen molar-refractivity contribution in [2.45, 2.75) is 19.4 Å². The number of nitrogens with zero attached hydrogens (tertiary/aromatic N) is 4. The molecule has 0 radical (unpaired) electrons. The fourth-order valence-electron chi connectivity index (χ4n) is 2.49. The number of nitriles is 1. The second kappa shape index (κ2) is 8.97. The lowest BCUT2D eigenvalue weighted by atomic mass is 10.2. The van der Waals surface area contributed by atoms with E-state index in [9.17, 15) is 27.2 Å². The van der Waals surface area contributed by atoms with Crippen LogP contribution >= 0.6 is 11.6 Å². The number of alkyl halides is 4. The number of ether oxygens (including phenoxy) is 1. The van der Waals surface area contributed by atoms with Crippen molar-refractivity contribution in [3.05, 3.63) is 78.8 Å². The summed E-state index contributed by atoms with van der Waals surface area (Å²) >= 11 is 5.81. The van der Waals surface area contributed by atoms with E-state index in [1.165, 1.54) is 12.1 Å². The molecule has 0 unspecified atom stereocenters. The van der Waals surface area contributed by atoms with E-state index >= 15 is 0 Å². The van der Waals surface area contributed by atoms with E-state index in [1.54, 1.807) is 6.07 Å². The van der Waals surface area contributed by atoms with Gasteiger partial charge in [-0.3, -0.25) is 14.2 Å².